The summed E-state index contributed by atoms with van der Waals surface area (Å²) < 4.78 is 6.61. The van der Waals surface area contributed by atoms with Crippen molar-refractivity contribution in [3.8, 4) is 5.75 Å². The van der Waals surface area contributed by atoms with Gasteiger partial charge in [0.2, 0.25) is 0 Å². The Morgan fingerprint density at radius 1 is 1.40 bits per heavy atom. The summed E-state index contributed by atoms with van der Waals surface area (Å²) in [5.74, 6) is 0.851. The van der Waals surface area contributed by atoms with Gasteiger partial charge in [0, 0.05) is 12.4 Å². The molecule has 0 spiro atoms. The molecule has 0 bridgehead atoms. The van der Waals surface area contributed by atoms with Gasteiger partial charge in [-0.2, -0.15) is 0 Å². The standard InChI is InChI=1S/C15H16BrNO2S/c1-11-4-3-5-13(8-11)19-7-6-17(2)15(18)12-9-14(16)20-10-12/h3-5,8-10H,6-7H2,1-2H3. The van der Waals surface area contributed by atoms with E-state index >= 15 is 0 Å². The number of nitrogens with zero attached hydrogens (tertiary/aromatic N) is 1. The molecule has 1 aromatic carbocycles. The van der Waals surface area contributed by atoms with Gasteiger partial charge in [-0.05, 0) is 46.6 Å². The van der Waals surface area contributed by atoms with Crippen LogP contribution in [-0.4, -0.2) is 31.0 Å². The normalized spacial score (nSPS) is 10.3. The van der Waals surface area contributed by atoms with E-state index in [-0.39, 0.29) is 5.91 Å². The highest BCUT2D eigenvalue weighted by Crippen LogP contribution is 2.21. The molecule has 20 heavy (non-hydrogen) atoms. The van der Waals surface area contributed by atoms with Crippen LogP contribution in [0.15, 0.2) is 39.5 Å². The summed E-state index contributed by atoms with van der Waals surface area (Å²) >= 11 is 4.87. The summed E-state index contributed by atoms with van der Waals surface area (Å²) in [5.41, 5.74) is 1.87. The lowest BCUT2D eigenvalue weighted by Crippen LogP contribution is -2.30. The average Bonchev–Trinajstić information content (AvgIpc) is 2.84. The zero-order chi connectivity index (χ0) is 14.5. The first-order valence-corrected chi connectivity index (χ1v) is 7.92. The van der Waals surface area contributed by atoms with Crippen molar-refractivity contribution in [2.24, 2.45) is 0 Å². The molecule has 1 amide bonds. The molecule has 0 saturated heterocycles. The minimum Gasteiger partial charge on any atom is -0.492 e. The first kappa shape index (κ1) is 15.1. The van der Waals surface area contributed by atoms with Gasteiger partial charge in [-0.25, -0.2) is 0 Å². The summed E-state index contributed by atoms with van der Waals surface area (Å²) in [5, 5.41) is 1.85. The van der Waals surface area contributed by atoms with Crippen LogP contribution in [0.4, 0.5) is 0 Å². The van der Waals surface area contributed by atoms with Crippen molar-refractivity contribution in [2.75, 3.05) is 20.2 Å². The number of benzene rings is 1. The van der Waals surface area contributed by atoms with Crippen LogP contribution >= 0.6 is 27.3 Å². The topological polar surface area (TPSA) is 29.5 Å². The number of likely N-dealkylation sites (N-methyl/N-ethyl adjacent to an activating group) is 1. The Morgan fingerprint density at radius 3 is 2.85 bits per heavy atom. The highest BCUT2D eigenvalue weighted by Gasteiger charge is 2.13. The summed E-state index contributed by atoms with van der Waals surface area (Å²) in [6, 6.07) is 9.73. The number of carbonyl (C=O) groups is 1. The molecule has 0 atom stereocenters. The molecule has 106 valence electrons. The number of amides is 1. The van der Waals surface area contributed by atoms with Crippen LogP contribution in [0, 0.1) is 6.92 Å². The second-order valence-electron chi connectivity index (χ2n) is 4.53. The SMILES string of the molecule is Cc1cccc(OCCN(C)C(=O)c2csc(Br)c2)c1. The highest BCUT2D eigenvalue weighted by atomic mass is 79.9. The Balaban J connectivity index is 1.83. The Labute approximate surface area is 131 Å². The summed E-state index contributed by atoms with van der Waals surface area (Å²) in [4.78, 5) is 13.8. The quantitative estimate of drug-likeness (QED) is 0.813. The third-order valence-electron chi connectivity index (χ3n) is 2.85. The maximum absolute atomic E-state index is 12.1. The van der Waals surface area contributed by atoms with Crippen molar-refractivity contribution in [2.45, 2.75) is 6.92 Å². The largest absolute Gasteiger partial charge is 0.492 e. The Bertz CT molecular complexity index is 597. The number of thiophene rings is 1. The van der Waals surface area contributed by atoms with E-state index in [1.807, 2.05) is 42.6 Å². The first-order valence-electron chi connectivity index (χ1n) is 6.25. The fraction of sp³-hybridized carbons (Fsp3) is 0.267. The Kier molecular flexibility index (Phi) is 5.20. The van der Waals surface area contributed by atoms with Crippen LogP contribution < -0.4 is 4.74 Å². The van der Waals surface area contributed by atoms with Crippen molar-refractivity contribution in [1.29, 1.82) is 0 Å². The van der Waals surface area contributed by atoms with Gasteiger partial charge in [0.25, 0.3) is 5.91 Å². The molecule has 2 rings (SSSR count). The average molecular weight is 354 g/mol. The third-order valence-corrected chi connectivity index (χ3v) is 4.35. The molecule has 0 unspecified atom stereocenters. The van der Waals surface area contributed by atoms with Gasteiger partial charge in [-0.1, -0.05) is 12.1 Å². The van der Waals surface area contributed by atoms with E-state index in [1.54, 1.807) is 11.9 Å². The highest BCUT2D eigenvalue weighted by molar-refractivity contribution is 9.11. The fourth-order valence-electron chi connectivity index (χ4n) is 1.75. The van der Waals surface area contributed by atoms with Crippen LogP contribution in [-0.2, 0) is 0 Å². The van der Waals surface area contributed by atoms with E-state index in [1.165, 1.54) is 11.3 Å². The molecule has 3 nitrogen and oxygen atoms in total. The molecule has 5 heteroatoms. The van der Waals surface area contributed by atoms with Crippen molar-refractivity contribution in [1.82, 2.24) is 4.90 Å². The van der Waals surface area contributed by atoms with E-state index in [2.05, 4.69) is 15.9 Å². The number of hydrogen-bond donors (Lipinski definition) is 0. The van der Waals surface area contributed by atoms with E-state index in [0.717, 1.165) is 15.1 Å². The molecular weight excluding hydrogens is 338 g/mol. The molecule has 0 fully saturated rings. The maximum atomic E-state index is 12.1. The molecule has 0 aliphatic rings. The number of aryl methyl sites for hydroxylation is 1. The van der Waals surface area contributed by atoms with Gasteiger partial charge in [0.1, 0.15) is 12.4 Å². The summed E-state index contributed by atoms with van der Waals surface area (Å²) in [6.07, 6.45) is 0. The molecule has 0 N–H and O–H groups in total. The van der Waals surface area contributed by atoms with Gasteiger partial charge in [0.05, 0.1) is 15.9 Å². The summed E-state index contributed by atoms with van der Waals surface area (Å²) in [6.45, 7) is 3.06. The number of ether oxygens (including phenoxy) is 1. The number of hydrogen-bond acceptors (Lipinski definition) is 3. The minimum absolute atomic E-state index is 0.0137. The predicted molar refractivity (Wildman–Crippen MR) is 85.7 cm³/mol. The number of halogens is 1. The fourth-order valence-corrected chi connectivity index (χ4v) is 2.88. The maximum Gasteiger partial charge on any atom is 0.254 e. The van der Waals surface area contributed by atoms with E-state index in [9.17, 15) is 4.79 Å². The van der Waals surface area contributed by atoms with Gasteiger partial charge >= 0.3 is 0 Å². The molecule has 0 aliphatic carbocycles. The first-order chi connectivity index (χ1) is 9.56. The van der Waals surface area contributed by atoms with E-state index in [0.29, 0.717) is 18.7 Å². The van der Waals surface area contributed by atoms with Crippen LogP contribution in [0.1, 0.15) is 15.9 Å². The molecule has 1 aromatic heterocycles. The smallest absolute Gasteiger partial charge is 0.254 e. The molecule has 0 radical (unpaired) electrons. The lowest BCUT2D eigenvalue weighted by Gasteiger charge is -2.17. The Hall–Kier alpha value is -1.33. The van der Waals surface area contributed by atoms with Gasteiger partial charge < -0.3 is 9.64 Å². The number of carbonyl (C=O) groups excluding carboxylic acids is 1. The predicted octanol–water partition coefficient (Wildman–Crippen LogP) is 3.97. The van der Waals surface area contributed by atoms with Gasteiger partial charge in [0.15, 0.2) is 0 Å². The van der Waals surface area contributed by atoms with Gasteiger partial charge in [-0.3, -0.25) is 4.79 Å². The summed E-state index contributed by atoms with van der Waals surface area (Å²) in [7, 11) is 1.79. The monoisotopic (exact) mass is 353 g/mol. The molecule has 1 heterocycles. The van der Waals surface area contributed by atoms with Crippen LogP contribution in [0.5, 0.6) is 5.75 Å². The van der Waals surface area contributed by atoms with Gasteiger partial charge in [-0.15, -0.1) is 11.3 Å². The van der Waals surface area contributed by atoms with Crippen LogP contribution in [0.25, 0.3) is 0 Å². The molecule has 0 aliphatic heterocycles. The van der Waals surface area contributed by atoms with Crippen molar-refractivity contribution in [3.05, 3.63) is 50.6 Å². The van der Waals surface area contributed by atoms with E-state index in [4.69, 9.17) is 4.74 Å². The molecular formula is C15H16BrNO2S. The second-order valence-corrected chi connectivity index (χ2v) is 6.82. The van der Waals surface area contributed by atoms with Crippen molar-refractivity contribution < 1.29 is 9.53 Å². The Morgan fingerprint density at radius 2 is 2.20 bits per heavy atom. The van der Waals surface area contributed by atoms with E-state index < -0.39 is 0 Å². The third kappa shape index (κ3) is 4.08. The van der Waals surface area contributed by atoms with Crippen molar-refractivity contribution in [3.63, 3.8) is 0 Å². The lowest BCUT2D eigenvalue weighted by molar-refractivity contribution is 0.0774. The molecule has 2 aromatic rings. The number of rotatable bonds is 5. The second kappa shape index (κ2) is 6.90. The van der Waals surface area contributed by atoms with Crippen LogP contribution in [0.2, 0.25) is 0 Å². The minimum atomic E-state index is 0.0137. The zero-order valence-corrected chi connectivity index (χ0v) is 13.8. The van der Waals surface area contributed by atoms with Crippen LogP contribution in [0.3, 0.4) is 0 Å². The lowest BCUT2D eigenvalue weighted by atomic mass is 10.2. The zero-order valence-electron chi connectivity index (χ0n) is 11.4. The molecule has 0 saturated carbocycles. The van der Waals surface area contributed by atoms with Crippen molar-refractivity contribution >= 4 is 33.2 Å².